The van der Waals surface area contributed by atoms with E-state index in [0.29, 0.717) is 25.9 Å². The van der Waals surface area contributed by atoms with Gasteiger partial charge < -0.3 is 20.7 Å². The molecule has 7 nitrogen and oxygen atoms in total. The summed E-state index contributed by atoms with van der Waals surface area (Å²) in [7, 11) is 0. The number of benzene rings is 1. The third kappa shape index (κ3) is 9.66. The summed E-state index contributed by atoms with van der Waals surface area (Å²) in [5.41, 5.74) is 1.50. The molecule has 3 amide bonds. The molecule has 26 heavy (non-hydrogen) atoms. The van der Waals surface area contributed by atoms with E-state index in [1.165, 1.54) is 0 Å². The van der Waals surface area contributed by atoms with Gasteiger partial charge in [-0.3, -0.25) is 9.59 Å². The van der Waals surface area contributed by atoms with Crippen molar-refractivity contribution in [2.24, 2.45) is 0 Å². The molecule has 0 radical (unpaired) electrons. The molecule has 0 spiro atoms. The molecule has 0 fully saturated rings. The summed E-state index contributed by atoms with van der Waals surface area (Å²) < 4.78 is 5.04. The van der Waals surface area contributed by atoms with Gasteiger partial charge in [-0.25, -0.2) is 4.79 Å². The van der Waals surface area contributed by atoms with Crippen LogP contribution in [0.4, 0.5) is 4.79 Å². The Bertz CT molecular complexity index is 623. The van der Waals surface area contributed by atoms with E-state index in [-0.39, 0.29) is 18.4 Å². The largest absolute Gasteiger partial charge is 0.444 e. The number of ether oxygens (including phenoxy) is 1. The summed E-state index contributed by atoms with van der Waals surface area (Å²) >= 11 is 0. The molecule has 7 heteroatoms. The lowest BCUT2D eigenvalue weighted by molar-refractivity contribution is -0.120. The third-order valence-corrected chi connectivity index (χ3v) is 3.40. The lowest BCUT2D eigenvalue weighted by Crippen LogP contribution is -2.40. The summed E-state index contributed by atoms with van der Waals surface area (Å²) in [6, 6.07) is 7.77. The van der Waals surface area contributed by atoms with E-state index in [2.05, 4.69) is 16.0 Å². The second kappa shape index (κ2) is 10.4. The zero-order valence-corrected chi connectivity index (χ0v) is 16.0. The first-order valence-corrected chi connectivity index (χ1v) is 8.72. The molecule has 0 saturated heterocycles. The van der Waals surface area contributed by atoms with Crippen LogP contribution >= 0.6 is 0 Å². The normalized spacial score (nSPS) is 10.8. The molecular formula is C19H29N3O4. The number of aryl methyl sites for hydroxylation is 1. The quantitative estimate of drug-likeness (QED) is 0.612. The molecule has 144 valence electrons. The topological polar surface area (TPSA) is 96.5 Å². The van der Waals surface area contributed by atoms with Crippen LogP contribution in [-0.2, 0) is 20.7 Å². The number of nitrogens with one attached hydrogen (secondary N) is 3. The van der Waals surface area contributed by atoms with Crippen LogP contribution in [0.5, 0.6) is 0 Å². The van der Waals surface area contributed by atoms with Gasteiger partial charge in [0.25, 0.3) is 0 Å². The van der Waals surface area contributed by atoms with Crippen molar-refractivity contribution < 1.29 is 19.1 Å². The van der Waals surface area contributed by atoms with Crippen molar-refractivity contribution in [3.63, 3.8) is 0 Å². The van der Waals surface area contributed by atoms with Crippen LogP contribution in [0.25, 0.3) is 0 Å². The second-order valence-corrected chi connectivity index (χ2v) is 7.01. The maximum Gasteiger partial charge on any atom is 0.408 e. The number of hydrogen-bond acceptors (Lipinski definition) is 4. The Hall–Kier alpha value is -2.57. The monoisotopic (exact) mass is 363 g/mol. The Morgan fingerprint density at radius 1 is 0.962 bits per heavy atom. The minimum absolute atomic E-state index is 0.0442. The number of alkyl carbamates (subject to hydrolysis) is 1. The van der Waals surface area contributed by atoms with Gasteiger partial charge in [-0.15, -0.1) is 0 Å². The first kappa shape index (κ1) is 21.5. The van der Waals surface area contributed by atoms with E-state index in [0.717, 1.165) is 11.1 Å². The molecule has 1 aromatic carbocycles. The van der Waals surface area contributed by atoms with E-state index < -0.39 is 11.7 Å². The number of carbonyl (C=O) groups is 3. The fourth-order valence-corrected chi connectivity index (χ4v) is 2.12. The van der Waals surface area contributed by atoms with Crippen molar-refractivity contribution in [3.05, 3.63) is 35.4 Å². The Balaban J connectivity index is 2.11. The molecule has 1 rings (SSSR count). The molecule has 0 aliphatic rings. The van der Waals surface area contributed by atoms with E-state index in [1.54, 1.807) is 20.8 Å². The van der Waals surface area contributed by atoms with Crippen LogP contribution in [0.3, 0.4) is 0 Å². The van der Waals surface area contributed by atoms with E-state index in [1.807, 2.05) is 31.2 Å². The number of rotatable bonds is 8. The fourth-order valence-electron chi connectivity index (χ4n) is 2.12. The van der Waals surface area contributed by atoms with Crippen molar-refractivity contribution in [2.75, 3.05) is 19.6 Å². The average molecular weight is 363 g/mol. The van der Waals surface area contributed by atoms with E-state index in [9.17, 15) is 14.4 Å². The van der Waals surface area contributed by atoms with Gasteiger partial charge in [0.2, 0.25) is 11.8 Å². The molecule has 3 N–H and O–H groups in total. The van der Waals surface area contributed by atoms with Gasteiger partial charge in [-0.1, -0.05) is 24.3 Å². The van der Waals surface area contributed by atoms with Crippen LogP contribution in [0.2, 0.25) is 0 Å². The maximum absolute atomic E-state index is 11.9. The molecule has 0 atom stereocenters. The predicted octanol–water partition coefficient (Wildman–Crippen LogP) is 1.68. The van der Waals surface area contributed by atoms with Gasteiger partial charge in [-0.05, 0) is 45.2 Å². The van der Waals surface area contributed by atoms with Crippen molar-refractivity contribution >= 4 is 17.9 Å². The van der Waals surface area contributed by atoms with E-state index >= 15 is 0 Å². The van der Waals surface area contributed by atoms with E-state index in [4.69, 9.17) is 4.74 Å². The molecular weight excluding hydrogens is 334 g/mol. The van der Waals surface area contributed by atoms with Crippen molar-refractivity contribution in [1.82, 2.24) is 16.0 Å². The van der Waals surface area contributed by atoms with Crippen LogP contribution < -0.4 is 16.0 Å². The smallest absolute Gasteiger partial charge is 0.408 e. The van der Waals surface area contributed by atoms with Gasteiger partial charge in [0.1, 0.15) is 5.60 Å². The van der Waals surface area contributed by atoms with Crippen molar-refractivity contribution in [1.29, 1.82) is 0 Å². The first-order chi connectivity index (χ1) is 12.2. The summed E-state index contributed by atoms with van der Waals surface area (Å²) in [5.74, 6) is -0.348. The number of carbonyl (C=O) groups excluding carboxylic acids is 3. The Morgan fingerprint density at radius 2 is 1.58 bits per heavy atom. The highest BCUT2D eigenvalue weighted by Crippen LogP contribution is 2.07. The van der Waals surface area contributed by atoms with Crippen LogP contribution in [0.15, 0.2) is 24.3 Å². The molecule has 1 aromatic rings. The minimum Gasteiger partial charge on any atom is -0.444 e. The van der Waals surface area contributed by atoms with Crippen molar-refractivity contribution in [3.8, 4) is 0 Å². The molecule has 0 saturated carbocycles. The highest BCUT2D eigenvalue weighted by atomic mass is 16.6. The zero-order valence-electron chi connectivity index (χ0n) is 16.0. The highest BCUT2D eigenvalue weighted by Gasteiger charge is 2.16. The standard InChI is InChI=1S/C19H29N3O4/c1-14-8-5-6-9-15(14)12-16(23)20-10-7-11-21-17(24)13-22-18(25)26-19(2,3)4/h5-6,8-9H,7,10-13H2,1-4H3,(H,20,23)(H,21,24)(H,22,25). The third-order valence-electron chi connectivity index (χ3n) is 3.40. The van der Waals surface area contributed by atoms with Gasteiger partial charge in [-0.2, -0.15) is 0 Å². The average Bonchev–Trinajstić information content (AvgIpc) is 2.53. The van der Waals surface area contributed by atoms with Crippen LogP contribution in [0, 0.1) is 6.92 Å². The fraction of sp³-hybridized carbons (Fsp3) is 0.526. The molecule has 0 aromatic heterocycles. The van der Waals surface area contributed by atoms with Gasteiger partial charge >= 0.3 is 6.09 Å². The Morgan fingerprint density at radius 3 is 2.19 bits per heavy atom. The Labute approximate surface area is 154 Å². The zero-order chi connectivity index (χ0) is 19.6. The molecule has 0 bridgehead atoms. The number of hydrogen-bond donors (Lipinski definition) is 3. The highest BCUT2D eigenvalue weighted by molar-refractivity contribution is 5.82. The molecule has 0 heterocycles. The summed E-state index contributed by atoms with van der Waals surface area (Å²) in [4.78, 5) is 34.9. The lowest BCUT2D eigenvalue weighted by Gasteiger charge is -2.19. The molecule has 0 unspecified atom stereocenters. The summed E-state index contributed by atoms with van der Waals surface area (Å²) in [6.07, 6.45) is 0.326. The van der Waals surface area contributed by atoms with Crippen molar-refractivity contribution in [2.45, 2.75) is 46.1 Å². The van der Waals surface area contributed by atoms with Crippen LogP contribution in [-0.4, -0.2) is 43.1 Å². The van der Waals surface area contributed by atoms with Gasteiger partial charge in [0, 0.05) is 13.1 Å². The maximum atomic E-state index is 11.9. The van der Waals surface area contributed by atoms with Crippen LogP contribution in [0.1, 0.15) is 38.3 Å². The Kier molecular flexibility index (Phi) is 8.61. The number of amides is 3. The summed E-state index contributed by atoms with van der Waals surface area (Å²) in [5, 5.41) is 7.89. The predicted molar refractivity (Wildman–Crippen MR) is 99.8 cm³/mol. The summed E-state index contributed by atoms with van der Waals surface area (Å²) in [6.45, 7) is 7.97. The minimum atomic E-state index is -0.629. The second-order valence-electron chi connectivity index (χ2n) is 7.01. The van der Waals surface area contributed by atoms with Gasteiger partial charge in [0.15, 0.2) is 0 Å². The first-order valence-electron chi connectivity index (χ1n) is 8.72. The van der Waals surface area contributed by atoms with Gasteiger partial charge in [0.05, 0.1) is 13.0 Å². The lowest BCUT2D eigenvalue weighted by atomic mass is 10.1. The molecule has 0 aliphatic carbocycles. The molecule has 0 aliphatic heterocycles. The SMILES string of the molecule is Cc1ccccc1CC(=O)NCCCNC(=O)CNC(=O)OC(C)(C)C.